The van der Waals surface area contributed by atoms with E-state index in [1.165, 1.54) is 33.1 Å². The van der Waals surface area contributed by atoms with E-state index in [1.807, 2.05) is 69.4 Å². The second kappa shape index (κ2) is 17.9. The third kappa shape index (κ3) is 8.70. The van der Waals surface area contributed by atoms with Crippen LogP contribution < -0.4 is 5.19 Å². The molecule has 4 aromatic heterocycles. The minimum atomic E-state index is -1.50. The molecule has 5 aromatic carbocycles. The summed E-state index contributed by atoms with van der Waals surface area (Å²) in [6.07, 6.45) is 1.98. The maximum absolute atomic E-state index is 8.44. The van der Waals surface area contributed by atoms with Crippen molar-refractivity contribution in [3.8, 4) is 39.5 Å². The van der Waals surface area contributed by atoms with Crippen molar-refractivity contribution in [3.05, 3.63) is 162 Å². The van der Waals surface area contributed by atoms with E-state index in [9.17, 15) is 0 Å². The summed E-state index contributed by atoms with van der Waals surface area (Å²) in [4.78, 5) is 14.5. The number of benzene rings is 5. The fourth-order valence-corrected chi connectivity index (χ4v) is 9.67. The van der Waals surface area contributed by atoms with Crippen LogP contribution in [0, 0.1) is 19.1 Å². The minimum Gasteiger partial charge on any atom is -0.486 e. The number of aromatic nitrogens is 4. The fourth-order valence-electron chi connectivity index (χ4n) is 8.08. The standard InChI is InChI=1S/C37H32N3O.C17H22NSi.Ir/c1-22(2)30-20-26(25-12-7-6-8-13-25)21-31(23(3)4)34(30)40-33-17-10-9-16-32(33)39-36(40)29-15-11-14-27-28-19-18-24(5)38-37(28)41-35(27)29;1-13(2)15-11-16(14-9-7-6-8-10-14)18-12-17(15)19(3,4)5;/h6-14,16-23H,1-5H3;6-9,11-13H,1-5H3;/q2*-1;/i;13D;. The number of rotatable bonds is 8. The van der Waals surface area contributed by atoms with Gasteiger partial charge in [0.25, 0.3) is 0 Å². The van der Waals surface area contributed by atoms with E-state index in [0.717, 1.165) is 61.3 Å². The molecule has 311 valence electrons. The molecular formula is C54H54IrN4OSi-2. The first-order chi connectivity index (χ1) is 29.1. The van der Waals surface area contributed by atoms with Crippen LogP contribution in [0.3, 0.4) is 0 Å². The van der Waals surface area contributed by atoms with Crippen molar-refractivity contribution >= 4 is 46.4 Å². The van der Waals surface area contributed by atoms with E-state index in [-0.39, 0.29) is 20.1 Å². The van der Waals surface area contributed by atoms with Crippen LogP contribution in [0.5, 0.6) is 0 Å². The second-order valence-corrected chi connectivity index (χ2v) is 22.6. The second-order valence-electron chi connectivity index (χ2n) is 17.6. The number of aryl methyl sites for hydroxylation is 1. The number of pyridine rings is 2. The van der Waals surface area contributed by atoms with Crippen LogP contribution in [0.25, 0.3) is 72.6 Å². The Hall–Kier alpha value is -5.46. The Morgan fingerprint density at radius 3 is 2.03 bits per heavy atom. The van der Waals surface area contributed by atoms with Gasteiger partial charge >= 0.3 is 0 Å². The molecule has 0 spiro atoms. The molecule has 0 amide bonds. The predicted octanol–water partition coefficient (Wildman–Crippen LogP) is 14.2. The molecule has 9 aromatic rings. The molecular weight excluding hydrogens is 941 g/mol. The van der Waals surface area contributed by atoms with Crippen molar-refractivity contribution < 1.29 is 25.9 Å². The molecule has 9 rings (SSSR count). The topological polar surface area (TPSA) is 56.7 Å². The van der Waals surface area contributed by atoms with Gasteiger partial charge < -0.3 is 14.0 Å². The largest absolute Gasteiger partial charge is 0.486 e. The molecule has 0 unspecified atom stereocenters. The van der Waals surface area contributed by atoms with Gasteiger partial charge in [0.1, 0.15) is 0 Å². The number of fused-ring (bicyclic) bond motifs is 4. The third-order valence-electron chi connectivity index (χ3n) is 11.2. The molecule has 7 heteroatoms. The van der Waals surface area contributed by atoms with Gasteiger partial charge in [0, 0.05) is 44.4 Å². The molecule has 1 radical (unpaired) electrons. The number of hydrogen-bond donors (Lipinski definition) is 0. The monoisotopic (exact) mass is 996 g/mol. The van der Waals surface area contributed by atoms with E-state index in [2.05, 4.69) is 153 Å². The van der Waals surface area contributed by atoms with Crippen LogP contribution in [0.2, 0.25) is 19.6 Å². The van der Waals surface area contributed by atoms with Gasteiger partial charge in [0.15, 0.2) is 0 Å². The zero-order valence-corrected chi connectivity index (χ0v) is 40.2. The van der Waals surface area contributed by atoms with E-state index in [0.29, 0.717) is 17.5 Å². The summed E-state index contributed by atoms with van der Waals surface area (Å²) in [5.41, 5.74) is 14.4. The first kappa shape index (κ1) is 42.2. The maximum Gasteiger partial charge on any atom is 0.216 e. The smallest absolute Gasteiger partial charge is 0.216 e. The molecule has 0 N–H and O–H groups in total. The summed E-state index contributed by atoms with van der Waals surface area (Å²) in [6, 6.07) is 48.6. The Morgan fingerprint density at radius 1 is 0.689 bits per heavy atom. The molecule has 5 nitrogen and oxygen atoms in total. The average Bonchev–Trinajstić information content (AvgIpc) is 3.81. The predicted molar refractivity (Wildman–Crippen MR) is 254 cm³/mol. The van der Waals surface area contributed by atoms with E-state index < -0.39 is 14.0 Å². The van der Waals surface area contributed by atoms with E-state index in [1.54, 1.807) is 0 Å². The Morgan fingerprint density at radius 2 is 1.38 bits per heavy atom. The fraction of sp³-hybridized carbons (Fsp3) is 0.241. The SMILES string of the molecule is Cc1ccc2c(n1)oc1c(-c3nc4ccccc4n3-c3c(C(C)C)cc(-c4ccccc4)cc3C(C)C)[c-]ccc12.[2H]C(C)(C)c1cc(-c2[c-]cccc2)ncc1[Si](C)(C)C.[Ir]. The van der Waals surface area contributed by atoms with E-state index >= 15 is 0 Å². The zero-order valence-electron chi connectivity index (χ0n) is 37.8. The first-order valence-corrected chi connectivity index (χ1v) is 24.5. The minimum absolute atomic E-state index is 0. The Balaban J connectivity index is 0.000000233. The van der Waals surface area contributed by atoms with Crippen molar-refractivity contribution in [2.75, 3.05) is 0 Å². The summed E-state index contributed by atoms with van der Waals surface area (Å²) in [5, 5.41) is 3.30. The number of hydrogen-bond acceptors (Lipinski definition) is 4. The van der Waals surface area contributed by atoms with Crippen molar-refractivity contribution in [1.82, 2.24) is 19.5 Å². The van der Waals surface area contributed by atoms with Crippen LogP contribution in [-0.4, -0.2) is 27.6 Å². The number of furan rings is 1. The van der Waals surface area contributed by atoms with Gasteiger partial charge in [-0.25, -0.2) is 4.98 Å². The van der Waals surface area contributed by atoms with Gasteiger partial charge in [-0.3, -0.25) is 4.98 Å². The third-order valence-corrected chi connectivity index (χ3v) is 13.2. The Bertz CT molecular complexity index is 2980. The van der Waals surface area contributed by atoms with Gasteiger partial charge in [0.2, 0.25) is 5.71 Å². The summed E-state index contributed by atoms with van der Waals surface area (Å²) >= 11 is 0. The summed E-state index contributed by atoms with van der Waals surface area (Å²) < 4.78 is 17.2. The van der Waals surface area contributed by atoms with Crippen molar-refractivity contribution in [3.63, 3.8) is 0 Å². The van der Waals surface area contributed by atoms with Crippen molar-refractivity contribution in [2.45, 2.75) is 85.8 Å². The van der Waals surface area contributed by atoms with Gasteiger partial charge in [-0.1, -0.05) is 126 Å². The normalized spacial score (nSPS) is 12.2. The molecule has 0 saturated heterocycles. The maximum atomic E-state index is 8.44. The van der Waals surface area contributed by atoms with Gasteiger partial charge in [-0.05, 0) is 94.2 Å². The Labute approximate surface area is 377 Å². The van der Waals surface area contributed by atoms with Crippen LogP contribution in [0.4, 0.5) is 0 Å². The molecule has 0 aliphatic heterocycles. The number of para-hydroxylation sites is 2. The molecule has 0 fully saturated rings. The van der Waals surface area contributed by atoms with E-state index in [4.69, 9.17) is 10.8 Å². The Kier molecular flexibility index (Phi) is 12.4. The van der Waals surface area contributed by atoms with Crippen molar-refractivity contribution in [1.29, 1.82) is 0 Å². The van der Waals surface area contributed by atoms with Crippen LogP contribution >= 0.6 is 0 Å². The molecule has 0 aliphatic rings. The van der Waals surface area contributed by atoms with Crippen molar-refractivity contribution in [2.24, 2.45) is 0 Å². The summed E-state index contributed by atoms with van der Waals surface area (Å²) in [7, 11) is -1.50. The molecule has 0 aliphatic carbocycles. The molecule has 0 atom stereocenters. The number of nitrogens with zero attached hydrogens (tertiary/aromatic N) is 4. The quantitative estimate of drug-likeness (QED) is 0.112. The summed E-state index contributed by atoms with van der Waals surface area (Å²) in [6.45, 7) is 21.9. The van der Waals surface area contributed by atoms with Crippen LogP contribution in [0.1, 0.15) is 83.0 Å². The van der Waals surface area contributed by atoms with Crippen LogP contribution in [0.15, 0.2) is 132 Å². The van der Waals surface area contributed by atoms with Gasteiger partial charge in [0.05, 0.1) is 30.5 Å². The molecule has 0 bridgehead atoms. The van der Waals surface area contributed by atoms with Gasteiger partial charge in [-0.2, -0.15) is 0 Å². The average molecular weight is 996 g/mol. The first-order valence-electron chi connectivity index (χ1n) is 21.5. The summed E-state index contributed by atoms with van der Waals surface area (Å²) in [5.74, 6) is 0.794. The molecule has 61 heavy (non-hydrogen) atoms. The van der Waals surface area contributed by atoms with Crippen LogP contribution in [-0.2, 0) is 20.1 Å². The molecule has 4 heterocycles. The zero-order chi connectivity index (χ0) is 43.2. The number of imidazole rings is 1. The van der Waals surface area contributed by atoms with Gasteiger partial charge in [-0.15, -0.1) is 54.1 Å². The molecule has 0 saturated carbocycles.